The molecule has 1 fully saturated rings. The number of carbonyl (C=O) groups excluding carboxylic acids is 1. The van der Waals surface area contributed by atoms with Gasteiger partial charge in [-0.2, -0.15) is 0 Å². The average molecular weight is 401 g/mol. The predicted octanol–water partition coefficient (Wildman–Crippen LogP) is 3.35. The first-order chi connectivity index (χ1) is 14.8. The number of anilines is 1. The molecule has 1 saturated heterocycles. The first kappa shape index (κ1) is 18.1. The summed E-state index contributed by atoms with van der Waals surface area (Å²) >= 11 is 0. The number of nitrogens with zero attached hydrogens (tertiary/aromatic N) is 5. The minimum atomic E-state index is -0.125. The highest BCUT2D eigenvalue weighted by Crippen LogP contribution is 2.22. The number of hydrogen-bond donors (Lipinski definition) is 0. The molecule has 3 aromatic heterocycles. The van der Waals surface area contributed by atoms with Crippen LogP contribution in [0, 0.1) is 0 Å². The molecule has 0 saturated carbocycles. The van der Waals surface area contributed by atoms with Crippen LogP contribution in [-0.4, -0.2) is 52.3 Å². The van der Waals surface area contributed by atoms with Gasteiger partial charge in [0.25, 0.3) is 5.91 Å². The van der Waals surface area contributed by atoms with Crippen LogP contribution in [0.4, 0.5) is 5.82 Å². The highest BCUT2D eigenvalue weighted by Gasteiger charge is 2.25. The van der Waals surface area contributed by atoms with Crippen molar-refractivity contribution in [2.45, 2.75) is 0 Å². The van der Waals surface area contributed by atoms with E-state index in [1.807, 2.05) is 54.6 Å². The molecular weight excluding hydrogens is 382 g/mol. The fraction of sp³-hybridized carbons (Fsp3) is 0.182. The van der Waals surface area contributed by atoms with Gasteiger partial charge in [-0.15, -0.1) is 10.2 Å². The van der Waals surface area contributed by atoms with E-state index in [0.717, 1.165) is 11.4 Å². The molecule has 0 unspecified atom stereocenters. The van der Waals surface area contributed by atoms with Crippen LogP contribution in [0.1, 0.15) is 10.5 Å². The van der Waals surface area contributed by atoms with Gasteiger partial charge in [0.1, 0.15) is 5.69 Å². The van der Waals surface area contributed by atoms with E-state index >= 15 is 0 Å². The number of amides is 1. The Morgan fingerprint density at radius 3 is 2.40 bits per heavy atom. The van der Waals surface area contributed by atoms with Crippen molar-refractivity contribution in [3.8, 4) is 22.8 Å². The molecule has 8 nitrogen and oxygen atoms in total. The van der Waals surface area contributed by atoms with Gasteiger partial charge in [0, 0.05) is 37.8 Å². The monoisotopic (exact) mass is 401 g/mol. The summed E-state index contributed by atoms with van der Waals surface area (Å²) in [5.74, 6) is 1.93. The predicted molar refractivity (Wildman–Crippen MR) is 110 cm³/mol. The van der Waals surface area contributed by atoms with Crippen LogP contribution in [0.3, 0.4) is 0 Å². The topological polar surface area (TPSA) is 88.5 Å². The minimum Gasteiger partial charge on any atom is -0.463 e. The van der Waals surface area contributed by atoms with E-state index in [1.54, 1.807) is 17.2 Å². The lowest BCUT2D eigenvalue weighted by Gasteiger charge is -2.34. The van der Waals surface area contributed by atoms with Crippen LogP contribution in [0.25, 0.3) is 22.8 Å². The van der Waals surface area contributed by atoms with Crippen LogP contribution in [0.15, 0.2) is 75.9 Å². The van der Waals surface area contributed by atoms with Crippen molar-refractivity contribution < 1.29 is 13.7 Å². The molecule has 30 heavy (non-hydrogen) atoms. The van der Waals surface area contributed by atoms with Crippen LogP contribution in [0.5, 0.6) is 0 Å². The van der Waals surface area contributed by atoms with E-state index in [-0.39, 0.29) is 5.91 Å². The van der Waals surface area contributed by atoms with Crippen LogP contribution < -0.4 is 4.90 Å². The van der Waals surface area contributed by atoms with Gasteiger partial charge in [-0.05, 0) is 24.3 Å². The lowest BCUT2D eigenvalue weighted by atomic mass is 10.1. The molecule has 5 rings (SSSR count). The van der Waals surface area contributed by atoms with Crippen molar-refractivity contribution in [1.82, 2.24) is 20.3 Å². The van der Waals surface area contributed by atoms with E-state index in [0.29, 0.717) is 49.1 Å². The fourth-order valence-electron chi connectivity index (χ4n) is 3.46. The largest absolute Gasteiger partial charge is 0.463 e. The van der Waals surface area contributed by atoms with Crippen LogP contribution in [0.2, 0.25) is 0 Å². The third-order valence-electron chi connectivity index (χ3n) is 5.10. The number of carbonyl (C=O) groups is 1. The molecule has 0 radical (unpaired) electrons. The molecule has 150 valence electrons. The maximum absolute atomic E-state index is 12.8. The van der Waals surface area contributed by atoms with Gasteiger partial charge >= 0.3 is 0 Å². The highest BCUT2D eigenvalue weighted by atomic mass is 16.5. The van der Waals surface area contributed by atoms with E-state index < -0.39 is 0 Å². The van der Waals surface area contributed by atoms with E-state index in [9.17, 15) is 4.79 Å². The van der Waals surface area contributed by atoms with E-state index in [2.05, 4.69) is 20.3 Å². The smallest absolute Gasteiger partial charge is 0.276 e. The summed E-state index contributed by atoms with van der Waals surface area (Å²) in [5, 5.41) is 12.5. The minimum absolute atomic E-state index is 0.125. The average Bonchev–Trinajstić information content (AvgIpc) is 3.52. The first-order valence-corrected chi connectivity index (χ1v) is 9.72. The second kappa shape index (κ2) is 7.82. The Balaban J connectivity index is 1.22. The summed E-state index contributed by atoms with van der Waals surface area (Å²) in [6, 6.07) is 18.8. The lowest BCUT2D eigenvalue weighted by molar-refractivity contribution is 0.0736. The highest BCUT2D eigenvalue weighted by molar-refractivity contribution is 5.93. The molecule has 8 heteroatoms. The van der Waals surface area contributed by atoms with Gasteiger partial charge < -0.3 is 18.7 Å². The van der Waals surface area contributed by atoms with Gasteiger partial charge in [0.15, 0.2) is 23.0 Å². The first-order valence-electron chi connectivity index (χ1n) is 9.72. The second-order valence-corrected chi connectivity index (χ2v) is 6.98. The molecule has 1 aliphatic heterocycles. The molecule has 0 N–H and O–H groups in total. The molecule has 0 spiro atoms. The number of benzene rings is 1. The summed E-state index contributed by atoms with van der Waals surface area (Å²) in [6.45, 7) is 2.50. The van der Waals surface area contributed by atoms with Crippen molar-refractivity contribution in [3.63, 3.8) is 0 Å². The molecule has 1 aliphatic rings. The Kier molecular flexibility index (Phi) is 4.72. The van der Waals surface area contributed by atoms with Crippen LogP contribution in [-0.2, 0) is 0 Å². The second-order valence-electron chi connectivity index (χ2n) is 6.98. The Morgan fingerprint density at radius 1 is 0.867 bits per heavy atom. The standard InChI is InChI=1S/C22H19N5O3/c28-22(18-15-20(30-25-18)16-5-2-1-3-6-16)27-12-10-26(11-13-27)21-9-8-17(23-24-21)19-7-4-14-29-19/h1-9,14-15H,10-13H2. The number of hydrogen-bond acceptors (Lipinski definition) is 7. The van der Waals surface area contributed by atoms with Gasteiger partial charge in [-0.25, -0.2) is 0 Å². The maximum atomic E-state index is 12.8. The van der Waals surface area contributed by atoms with Gasteiger partial charge in [0.05, 0.1) is 6.26 Å². The van der Waals surface area contributed by atoms with Gasteiger partial charge in [-0.3, -0.25) is 4.79 Å². The third-order valence-corrected chi connectivity index (χ3v) is 5.10. The third kappa shape index (κ3) is 3.55. The van der Waals surface area contributed by atoms with Gasteiger partial charge in [0.2, 0.25) is 0 Å². The van der Waals surface area contributed by atoms with Crippen LogP contribution >= 0.6 is 0 Å². The zero-order chi connectivity index (χ0) is 20.3. The number of aromatic nitrogens is 3. The number of furan rings is 1. The normalized spacial score (nSPS) is 14.1. The molecule has 0 atom stereocenters. The molecule has 4 heterocycles. The maximum Gasteiger partial charge on any atom is 0.276 e. The lowest BCUT2D eigenvalue weighted by Crippen LogP contribution is -2.49. The molecule has 0 aliphatic carbocycles. The SMILES string of the molecule is O=C(c1cc(-c2ccccc2)on1)N1CCN(c2ccc(-c3ccco3)nn2)CC1. The Bertz CT molecular complexity index is 1120. The summed E-state index contributed by atoms with van der Waals surface area (Å²) in [5.41, 5.74) is 1.91. The quantitative estimate of drug-likeness (QED) is 0.518. The Labute approximate surface area is 172 Å². The molecule has 4 aromatic rings. The van der Waals surface area contributed by atoms with Crippen molar-refractivity contribution in [2.75, 3.05) is 31.1 Å². The number of piperazine rings is 1. The summed E-state index contributed by atoms with van der Waals surface area (Å²) in [7, 11) is 0. The molecule has 0 bridgehead atoms. The molecule has 1 aromatic carbocycles. The summed E-state index contributed by atoms with van der Waals surface area (Å²) in [4.78, 5) is 16.7. The Hall–Kier alpha value is -3.94. The summed E-state index contributed by atoms with van der Waals surface area (Å²) < 4.78 is 10.7. The van der Waals surface area contributed by atoms with E-state index in [4.69, 9.17) is 8.94 Å². The fourth-order valence-corrected chi connectivity index (χ4v) is 3.46. The van der Waals surface area contributed by atoms with Crippen molar-refractivity contribution in [1.29, 1.82) is 0 Å². The Morgan fingerprint density at radius 2 is 1.70 bits per heavy atom. The molecular formula is C22H19N5O3. The van der Waals surface area contributed by atoms with Crippen molar-refractivity contribution in [3.05, 3.63) is 72.6 Å². The molecule has 1 amide bonds. The van der Waals surface area contributed by atoms with Crippen molar-refractivity contribution >= 4 is 11.7 Å². The zero-order valence-electron chi connectivity index (χ0n) is 16.1. The zero-order valence-corrected chi connectivity index (χ0v) is 16.1. The summed E-state index contributed by atoms with van der Waals surface area (Å²) in [6.07, 6.45) is 1.61. The van der Waals surface area contributed by atoms with Gasteiger partial charge in [-0.1, -0.05) is 35.5 Å². The van der Waals surface area contributed by atoms with E-state index in [1.165, 1.54) is 0 Å². The number of rotatable bonds is 4. The van der Waals surface area contributed by atoms with Crippen molar-refractivity contribution in [2.24, 2.45) is 0 Å².